The molecule has 0 bridgehead atoms. The van der Waals surface area contributed by atoms with E-state index in [1.807, 2.05) is 42.2 Å². The lowest BCUT2D eigenvalue weighted by molar-refractivity contribution is 0.0472. The molecule has 0 spiro atoms. The fraction of sp³-hybridized carbons (Fsp3) is 0.222. The molecule has 0 aliphatic carbocycles. The van der Waals surface area contributed by atoms with Gasteiger partial charge in [-0.3, -0.25) is 0 Å². The molecule has 2 aliphatic heterocycles. The number of hydrogen-bond donors (Lipinski definition) is 0. The largest absolute Gasteiger partial charge is 0.457 e. The molecule has 2 aromatic carbocycles. The topological polar surface area (TPSA) is 76.0 Å². The van der Waals surface area contributed by atoms with Crippen molar-refractivity contribution in [3.63, 3.8) is 0 Å². The summed E-state index contributed by atoms with van der Waals surface area (Å²) < 4.78 is 32.5. The SMILES string of the molecule is Cc1ccc(COC(=O)c2ccc3c(c2)SC2=NS(=O)(=O)CCN23)cc1. The Hall–Kier alpha value is -2.32. The van der Waals surface area contributed by atoms with Crippen LogP contribution in [0.5, 0.6) is 0 Å². The van der Waals surface area contributed by atoms with Crippen molar-refractivity contribution in [3.8, 4) is 0 Å². The number of aryl methyl sites for hydroxylation is 1. The van der Waals surface area contributed by atoms with Crippen LogP contribution in [0.15, 0.2) is 51.8 Å². The summed E-state index contributed by atoms with van der Waals surface area (Å²) in [6.45, 7) is 2.58. The van der Waals surface area contributed by atoms with Crippen LogP contribution in [0.3, 0.4) is 0 Å². The molecule has 2 aliphatic rings. The van der Waals surface area contributed by atoms with Crippen LogP contribution in [0.1, 0.15) is 21.5 Å². The molecule has 0 atom stereocenters. The first-order valence-corrected chi connectivity index (χ1v) is 10.5. The predicted molar refractivity (Wildman–Crippen MR) is 101 cm³/mol. The fourth-order valence-electron chi connectivity index (χ4n) is 2.77. The highest BCUT2D eigenvalue weighted by atomic mass is 32.2. The van der Waals surface area contributed by atoms with Crippen molar-refractivity contribution in [1.82, 2.24) is 0 Å². The van der Waals surface area contributed by atoms with Gasteiger partial charge in [0.15, 0.2) is 5.17 Å². The van der Waals surface area contributed by atoms with Gasteiger partial charge in [-0.15, -0.1) is 4.40 Å². The standard InChI is InChI=1S/C18H16N2O4S2/c1-12-2-4-13(5-3-12)11-24-17(21)14-6-7-15-16(10-14)25-18-19-26(22,23)9-8-20(15)18/h2-7,10H,8-9,11H2,1H3. The molecule has 0 amide bonds. The Morgan fingerprint density at radius 1 is 1.23 bits per heavy atom. The van der Waals surface area contributed by atoms with Gasteiger partial charge < -0.3 is 9.64 Å². The summed E-state index contributed by atoms with van der Waals surface area (Å²) >= 11 is 1.26. The van der Waals surface area contributed by atoms with Crippen LogP contribution in [-0.2, 0) is 21.4 Å². The third-order valence-corrected chi connectivity index (χ3v) is 6.51. The Morgan fingerprint density at radius 2 is 2.00 bits per heavy atom. The lowest BCUT2D eigenvalue weighted by atomic mass is 10.1. The van der Waals surface area contributed by atoms with Crippen molar-refractivity contribution in [3.05, 3.63) is 59.2 Å². The minimum atomic E-state index is -3.39. The van der Waals surface area contributed by atoms with Gasteiger partial charge in [-0.05, 0) is 42.4 Å². The number of sulfonamides is 1. The van der Waals surface area contributed by atoms with E-state index in [2.05, 4.69) is 4.40 Å². The van der Waals surface area contributed by atoms with E-state index in [0.717, 1.165) is 21.7 Å². The number of anilines is 1. The number of fused-ring (bicyclic) bond motifs is 3. The first-order chi connectivity index (χ1) is 12.4. The maximum absolute atomic E-state index is 12.3. The first-order valence-electron chi connectivity index (χ1n) is 8.06. The lowest BCUT2D eigenvalue weighted by Gasteiger charge is -2.22. The Bertz CT molecular complexity index is 1010. The van der Waals surface area contributed by atoms with Crippen molar-refractivity contribution in [2.45, 2.75) is 18.4 Å². The normalized spacial score (nSPS) is 17.3. The van der Waals surface area contributed by atoms with Crippen LogP contribution < -0.4 is 4.90 Å². The molecular formula is C18H16N2O4S2. The second kappa shape index (κ2) is 6.44. The second-order valence-electron chi connectivity index (χ2n) is 6.16. The van der Waals surface area contributed by atoms with E-state index in [1.165, 1.54) is 11.8 Å². The monoisotopic (exact) mass is 388 g/mol. The molecule has 2 heterocycles. The van der Waals surface area contributed by atoms with E-state index in [4.69, 9.17) is 4.74 Å². The average molecular weight is 388 g/mol. The molecule has 2 aromatic rings. The van der Waals surface area contributed by atoms with Crippen LogP contribution in [0, 0.1) is 6.92 Å². The van der Waals surface area contributed by atoms with Gasteiger partial charge in [0.05, 0.1) is 17.0 Å². The average Bonchev–Trinajstić information content (AvgIpc) is 2.96. The summed E-state index contributed by atoms with van der Waals surface area (Å²) in [5, 5.41) is 0.441. The zero-order valence-corrected chi connectivity index (χ0v) is 15.6. The molecule has 0 radical (unpaired) electrons. The summed E-state index contributed by atoms with van der Waals surface area (Å²) in [6, 6.07) is 13.0. The summed E-state index contributed by atoms with van der Waals surface area (Å²) in [5.41, 5.74) is 3.39. The van der Waals surface area contributed by atoms with E-state index in [1.54, 1.807) is 12.1 Å². The van der Waals surface area contributed by atoms with E-state index in [9.17, 15) is 13.2 Å². The van der Waals surface area contributed by atoms with E-state index in [-0.39, 0.29) is 12.4 Å². The Kier molecular flexibility index (Phi) is 4.24. The van der Waals surface area contributed by atoms with Crippen molar-refractivity contribution in [2.24, 2.45) is 4.40 Å². The highest BCUT2D eigenvalue weighted by molar-refractivity contribution is 8.15. The van der Waals surface area contributed by atoms with Crippen LogP contribution >= 0.6 is 11.8 Å². The Labute approximate surface area is 155 Å². The van der Waals surface area contributed by atoms with Gasteiger partial charge in [-0.1, -0.05) is 29.8 Å². The summed E-state index contributed by atoms with van der Waals surface area (Å²) in [4.78, 5) is 15.0. The van der Waals surface area contributed by atoms with Crippen molar-refractivity contribution < 1.29 is 17.9 Å². The highest BCUT2D eigenvalue weighted by Crippen LogP contribution is 2.42. The molecule has 0 unspecified atom stereocenters. The number of carbonyl (C=O) groups excluding carboxylic acids is 1. The quantitative estimate of drug-likeness (QED) is 0.753. The van der Waals surface area contributed by atoms with Gasteiger partial charge in [0.25, 0.3) is 10.0 Å². The maximum atomic E-state index is 12.3. The highest BCUT2D eigenvalue weighted by Gasteiger charge is 2.33. The third kappa shape index (κ3) is 3.34. The zero-order valence-electron chi connectivity index (χ0n) is 14.0. The second-order valence-corrected chi connectivity index (χ2v) is 8.92. The van der Waals surface area contributed by atoms with Crippen LogP contribution in [0.25, 0.3) is 0 Å². The number of carbonyl (C=O) groups is 1. The molecule has 8 heteroatoms. The molecule has 0 saturated heterocycles. The maximum Gasteiger partial charge on any atom is 0.338 e. The molecule has 0 saturated carbocycles. The number of hydrogen-bond acceptors (Lipinski definition) is 6. The van der Waals surface area contributed by atoms with Gasteiger partial charge in [0, 0.05) is 11.4 Å². The fourth-order valence-corrected chi connectivity index (χ4v) is 5.07. The summed E-state index contributed by atoms with van der Waals surface area (Å²) in [5.74, 6) is -0.412. The van der Waals surface area contributed by atoms with Crippen molar-refractivity contribution in [2.75, 3.05) is 17.2 Å². The number of benzene rings is 2. The number of nitrogens with zero attached hydrogens (tertiary/aromatic N) is 2. The summed E-state index contributed by atoms with van der Waals surface area (Å²) in [7, 11) is -3.39. The van der Waals surface area contributed by atoms with Gasteiger partial charge in [-0.25, -0.2) is 13.2 Å². The van der Waals surface area contributed by atoms with Gasteiger partial charge in [0.1, 0.15) is 6.61 Å². The number of esters is 1. The van der Waals surface area contributed by atoms with Gasteiger partial charge in [0.2, 0.25) is 0 Å². The predicted octanol–water partition coefficient (Wildman–Crippen LogP) is 2.96. The minimum absolute atomic E-state index is 0.00313. The van der Waals surface area contributed by atoms with Crippen molar-refractivity contribution >= 4 is 38.6 Å². The van der Waals surface area contributed by atoms with Crippen molar-refractivity contribution in [1.29, 1.82) is 0 Å². The number of thioether (sulfide) groups is 1. The van der Waals surface area contributed by atoms with Crippen LogP contribution in [-0.4, -0.2) is 31.9 Å². The van der Waals surface area contributed by atoms with E-state index < -0.39 is 16.0 Å². The molecule has 0 fully saturated rings. The van der Waals surface area contributed by atoms with Crippen LogP contribution in [0.2, 0.25) is 0 Å². The number of rotatable bonds is 3. The molecule has 4 rings (SSSR count). The van der Waals surface area contributed by atoms with E-state index >= 15 is 0 Å². The minimum Gasteiger partial charge on any atom is -0.457 e. The Morgan fingerprint density at radius 3 is 2.77 bits per heavy atom. The molecule has 26 heavy (non-hydrogen) atoms. The number of ether oxygens (including phenoxy) is 1. The molecule has 0 aromatic heterocycles. The lowest BCUT2D eigenvalue weighted by Crippen LogP contribution is -2.35. The van der Waals surface area contributed by atoms with Crippen LogP contribution in [0.4, 0.5) is 5.69 Å². The van der Waals surface area contributed by atoms with E-state index in [0.29, 0.717) is 17.3 Å². The molecular weight excluding hydrogens is 372 g/mol. The first kappa shape index (κ1) is 17.1. The van der Waals surface area contributed by atoms with Gasteiger partial charge >= 0.3 is 5.97 Å². The Balaban J connectivity index is 1.50. The zero-order chi connectivity index (χ0) is 18.3. The van der Waals surface area contributed by atoms with Gasteiger partial charge in [-0.2, -0.15) is 0 Å². The summed E-state index contributed by atoms with van der Waals surface area (Å²) in [6.07, 6.45) is 0. The third-order valence-electron chi connectivity index (χ3n) is 4.20. The molecule has 134 valence electrons. The number of amidine groups is 1. The molecule has 6 nitrogen and oxygen atoms in total. The smallest absolute Gasteiger partial charge is 0.338 e. The molecule has 0 N–H and O–H groups in total.